The highest BCUT2D eigenvalue weighted by Crippen LogP contribution is 2.40. The first kappa shape index (κ1) is 26.3. The van der Waals surface area contributed by atoms with Crippen LogP contribution in [0.1, 0.15) is 0 Å². The predicted molar refractivity (Wildman–Crippen MR) is 173 cm³/mol. The van der Waals surface area contributed by atoms with Crippen LogP contribution in [0.5, 0.6) is 0 Å². The van der Waals surface area contributed by atoms with Crippen molar-refractivity contribution in [2.75, 3.05) is 4.90 Å². The van der Waals surface area contributed by atoms with Crippen molar-refractivity contribution in [1.29, 1.82) is 0 Å². The topological polar surface area (TPSA) is 16.1 Å². The van der Waals surface area contributed by atoms with Crippen LogP contribution in [0.3, 0.4) is 0 Å². The van der Waals surface area contributed by atoms with Gasteiger partial charge >= 0.3 is 0 Å². The summed E-state index contributed by atoms with van der Waals surface area (Å²) in [6, 6.07) is 48.2. The first-order chi connectivity index (χ1) is 21.2. The Balaban J connectivity index is 1.43. The van der Waals surface area contributed by atoms with Crippen LogP contribution in [-0.4, -0.2) is 4.98 Å². The largest absolute Gasteiger partial charge is 0.309 e. The lowest BCUT2D eigenvalue weighted by atomic mass is 9.95. The Kier molecular flexibility index (Phi) is 6.94. The van der Waals surface area contributed by atoms with Gasteiger partial charge in [-0.3, -0.25) is 4.98 Å². The van der Waals surface area contributed by atoms with Crippen molar-refractivity contribution < 1.29 is 8.78 Å². The summed E-state index contributed by atoms with van der Waals surface area (Å²) in [4.78, 5) is 7.07. The molecule has 0 spiro atoms. The number of hydrogen-bond donors (Lipinski definition) is 0. The van der Waals surface area contributed by atoms with E-state index in [9.17, 15) is 8.78 Å². The number of fused-ring (bicyclic) bond motifs is 1. The van der Waals surface area contributed by atoms with Crippen LogP contribution >= 0.6 is 0 Å². The minimum absolute atomic E-state index is 0.0472. The van der Waals surface area contributed by atoms with E-state index in [0.29, 0.717) is 5.56 Å². The van der Waals surface area contributed by atoms with Crippen molar-refractivity contribution >= 4 is 28.0 Å². The Morgan fingerprint density at radius 2 is 1.02 bits per heavy atom. The van der Waals surface area contributed by atoms with E-state index in [1.165, 1.54) is 18.2 Å². The highest BCUT2D eigenvalue weighted by molar-refractivity contribution is 5.99. The third-order valence-electron chi connectivity index (χ3n) is 7.59. The second kappa shape index (κ2) is 11.3. The number of rotatable bonds is 6. The third-order valence-corrected chi connectivity index (χ3v) is 7.59. The molecule has 1 aromatic heterocycles. The molecule has 0 saturated carbocycles. The first-order valence-electron chi connectivity index (χ1n) is 14.1. The molecule has 0 unspecified atom stereocenters. The zero-order chi connectivity index (χ0) is 29.2. The van der Waals surface area contributed by atoms with E-state index in [4.69, 9.17) is 4.98 Å². The fraction of sp³-hybridized carbons (Fsp3) is 0. The van der Waals surface area contributed by atoms with Crippen LogP contribution in [0.15, 0.2) is 158 Å². The van der Waals surface area contributed by atoms with E-state index >= 15 is 0 Å². The molecule has 1 heterocycles. The van der Waals surface area contributed by atoms with E-state index < -0.39 is 11.6 Å². The summed E-state index contributed by atoms with van der Waals surface area (Å²) in [6.45, 7) is 0. The zero-order valence-corrected chi connectivity index (χ0v) is 23.2. The van der Waals surface area contributed by atoms with Gasteiger partial charge in [-0.05, 0) is 76.9 Å². The standard InChI is InChI=1S/C39H26F2N2/c40-36-20-11-21-37(41)38(36)29-16-10-19-33(23-29)43(32-17-8-3-9-18-32)34-24-31-22-30(27-12-4-1-5-13-27)25-35(39(31)42-26-34)28-14-6-2-7-15-28/h1-26H. The normalized spacial score (nSPS) is 11.0. The second-order valence-electron chi connectivity index (χ2n) is 10.3. The van der Waals surface area contributed by atoms with E-state index in [2.05, 4.69) is 47.4 Å². The lowest BCUT2D eigenvalue weighted by Gasteiger charge is -2.26. The number of aromatic nitrogens is 1. The van der Waals surface area contributed by atoms with E-state index in [1.54, 1.807) is 6.07 Å². The number of hydrogen-bond acceptors (Lipinski definition) is 2. The molecular weight excluding hydrogens is 534 g/mol. The van der Waals surface area contributed by atoms with Gasteiger partial charge in [0.05, 0.1) is 23.0 Å². The van der Waals surface area contributed by atoms with Crippen molar-refractivity contribution in [2.24, 2.45) is 0 Å². The Morgan fingerprint density at radius 1 is 0.442 bits per heavy atom. The molecule has 7 rings (SSSR count). The maximum atomic E-state index is 14.8. The van der Waals surface area contributed by atoms with Crippen LogP contribution in [0.4, 0.5) is 25.8 Å². The van der Waals surface area contributed by atoms with Gasteiger partial charge in [0.15, 0.2) is 0 Å². The number of para-hydroxylation sites is 1. The average Bonchev–Trinajstić information content (AvgIpc) is 3.06. The molecule has 7 aromatic rings. The molecule has 0 bridgehead atoms. The second-order valence-corrected chi connectivity index (χ2v) is 10.3. The monoisotopic (exact) mass is 560 g/mol. The van der Waals surface area contributed by atoms with Crippen molar-refractivity contribution in [3.05, 3.63) is 169 Å². The molecule has 0 saturated heterocycles. The Labute approximate surface area is 249 Å². The van der Waals surface area contributed by atoms with Crippen LogP contribution in [0.2, 0.25) is 0 Å². The van der Waals surface area contributed by atoms with Crippen molar-refractivity contribution in [3.8, 4) is 33.4 Å². The van der Waals surface area contributed by atoms with Crippen molar-refractivity contribution in [3.63, 3.8) is 0 Å². The van der Waals surface area contributed by atoms with Gasteiger partial charge in [0.1, 0.15) is 11.6 Å². The average molecular weight is 561 g/mol. The highest BCUT2D eigenvalue weighted by Gasteiger charge is 2.18. The summed E-state index contributed by atoms with van der Waals surface area (Å²) in [5, 5.41) is 0.981. The van der Waals surface area contributed by atoms with Gasteiger partial charge in [-0.1, -0.05) is 97.1 Å². The summed E-state index contributed by atoms with van der Waals surface area (Å²) in [5.41, 5.74) is 8.14. The van der Waals surface area contributed by atoms with Crippen LogP contribution in [-0.2, 0) is 0 Å². The molecular formula is C39H26F2N2. The maximum Gasteiger partial charge on any atom is 0.133 e. The summed E-state index contributed by atoms with van der Waals surface area (Å²) in [6.07, 6.45) is 1.86. The summed E-state index contributed by atoms with van der Waals surface area (Å²) in [7, 11) is 0. The minimum atomic E-state index is -0.599. The maximum absolute atomic E-state index is 14.8. The van der Waals surface area contributed by atoms with E-state index in [1.807, 2.05) is 91.1 Å². The lowest BCUT2D eigenvalue weighted by molar-refractivity contribution is 0.589. The SMILES string of the molecule is Fc1cccc(F)c1-c1cccc(N(c2ccccc2)c2cnc3c(-c4ccccc4)cc(-c4ccccc4)cc3c2)c1. The molecule has 43 heavy (non-hydrogen) atoms. The van der Waals surface area contributed by atoms with Gasteiger partial charge in [0.25, 0.3) is 0 Å². The van der Waals surface area contributed by atoms with Crippen LogP contribution in [0.25, 0.3) is 44.3 Å². The summed E-state index contributed by atoms with van der Waals surface area (Å²) >= 11 is 0. The van der Waals surface area contributed by atoms with E-state index in [-0.39, 0.29) is 5.56 Å². The minimum Gasteiger partial charge on any atom is -0.309 e. The Hall–Kier alpha value is -5.61. The molecule has 0 fully saturated rings. The molecule has 0 atom stereocenters. The number of anilines is 3. The third kappa shape index (κ3) is 5.15. The molecule has 0 aliphatic heterocycles. The summed E-state index contributed by atoms with van der Waals surface area (Å²) < 4.78 is 29.6. The van der Waals surface area contributed by atoms with Crippen LogP contribution < -0.4 is 4.90 Å². The molecule has 206 valence electrons. The lowest BCUT2D eigenvalue weighted by Crippen LogP contribution is -2.10. The van der Waals surface area contributed by atoms with Gasteiger partial charge in [-0.15, -0.1) is 0 Å². The molecule has 0 aliphatic rings. The molecule has 0 radical (unpaired) electrons. The Morgan fingerprint density at radius 3 is 1.72 bits per heavy atom. The zero-order valence-electron chi connectivity index (χ0n) is 23.2. The van der Waals surface area contributed by atoms with Gasteiger partial charge < -0.3 is 4.90 Å². The molecule has 0 amide bonds. The molecule has 2 nitrogen and oxygen atoms in total. The quantitative estimate of drug-likeness (QED) is 0.201. The van der Waals surface area contributed by atoms with Crippen LogP contribution in [0, 0.1) is 11.6 Å². The predicted octanol–water partition coefficient (Wildman–Crippen LogP) is 11.0. The van der Waals surface area contributed by atoms with Gasteiger partial charge in [-0.25, -0.2) is 8.78 Å². The van der Waals surface area contributed by atoms with Gasteiger partial charge in [-0.2, -0.15) is 0 Å². The van der Waals surface area contributed by atoms with Gasteiger partial charge in [0, 0.05) is 22.3 Å². The Bertz CT molecular complexity index is 2020. The smallest absolute Gasteiger partial charge is 0.133 e. The number of halogens is 2. The van der Waals surface area contributed by atoms with Crippen molar-refractivity contribution in [2.45, 2.75) is 0 Å². The number of nitrogens with zero attached hydrogens (tertiary/aromatic N) is 2. The van der Waals surface area contributed by atoms with E-state index in [0.717, 1.165) is 50.2 Å². The van der Waals surface area contributed by atoms with Crippen molar-refractivity contribution in [1.82, 2.24) is 4.98 Å². The number of benzene rings is 6. The highest BCUT2D eigenvalue weighted by atomic mass is 19.1. The summed E-state index contributed by atoms with van der Waals surface area (Å²) in [5.74, 6) is -1.20. The van der Waals surface area contributed by atoms with Gasteiger partial charge in [0.2, 0.25) is 0 Å². The molecule has 0 aliphatic carbocycles. The first-order valence-corrected chi connectivity index (χ1v) is 14.1. The fourth-order valence-electron chi connectivity index (χ4n) is 5.59. The number of pyridine rings is 1. The molecule has 6 aromatic carbocycles. The molecule has 4 heteroatoms. The fourth-order valence-corrected chi connectivity index (χ4v) is 5.59. The molecule has 0 N–H and O–H groups in total.